The Hall–Kier alpha value is -2.23. The number of pyridine rings is 1. The summed E-state index contributed by atoms with van der Waals surface area (Å²) in [5.41, 5.74) is 1.44. The summed E-state index contributed by atoms with van der Waals surface area (Å²) >= 11 is 6.69. The van der Waals surface area contributed by atoms with Crippen molar-refractivity contribution in [3.63, 3.8) is 0 Å². The van der Waals surface area contributed by atoms with E-state index in [2.05, 4.69) is 10.3 Å². The molecule has 1 saturated heterocycles. The molecule has 2 aliphatic rings. The van der Waals surface area contributed by atoms with E-state index in [-0.39, 0.29) is 36.2 Å². The van der Waals surface area contributed by atoms with Crippen LogP contribution >= 0.6 is 24.0 Å². The van der Waals surface area contributed by atoms with Gasteiger partial charge in [-0.3, -0.25) is 18.9 Å². The molecule has 29 heavy (non-hydrogen) atoms. The summed E-state index contributed by atoms with van der Waals surface area (Å²) in [6.07, 6.45) is 7.43. The molecule has 1 aliphatic carbocycles. The number of hydrogen-bond acceptors (Lipinski definition) is 7. The zero-order chi connectivity index (χ0) is 20.5. The summed E-state index contributed by atoms with van der Waals surface area (Å²) in [7, 11) is 0. The van der Waals surface area contributed by atoms with Gasteiger partial charge >= 0.3 is 0 Å². The van der Waals surface area contributed by atoms with Crippen LogP contribution in [0.4, 0.5) is 5.82 Å². The van der Waals surface area contributed by atoms with Gasteiger partial charge in [0.1, 0.15) is 15.8 Å². The molecular weight excluding hydrogens is 408 g/mol. The third kappa shape index (κ3) is 3.82. The summed E-state index contributed by atoms with van der Waals surface area (Å²) in [6.45, 7) is 2.05. The van der Waals surface area contributed by atoms with Gasteiger partial charge in [0.05, 0.1) is 17.1 Å². The number of thioether (sulfide) groups is 1. The van der Waals surface area contributed by atoms with Crippen LogP contribution in [0.1, 0.15) is 36.8 Å². The number of amides is 1. The minimum Gasteiger partial charge on any atom is -0.395 e. The van der Waals surface area contributed by atoms with Crippen molar-refractivity contribution >= 4 is 51.7 Å². The lowest BCUT2D eigenvalue weighted by Gasteiger charge is -2.21. The molecule has 0 unspecified atom stereocenters. The van der Waals surface area contributed by atoms with E-state index in [9.17, 15) is 14.7 Å². The maximum Gasteiger partial charge on any atom is 0.267 e. The number of carbonyl (C=O) groups excluding carboxylic acids is 1. The van der Waals surface area contributed by atoms with Gasteiger partial charge in [-0.25, -0.2) is 4.98 Å². The number of aryl methyl sites for hydroxylation is 1. The quantitative estimate of drug-likeness (QED) is 0.557. The summed E-state index contributed by atoms with van der Waals surface area (Å²) in [5, 5.41) is 12.2. The van der Waals surface area contributed by atoms with Gasteiger partial charge in [-0.2, -0.15) is 0 Å². The monoisotopic (exact) mass is 430 g/mol. The highest BCUT2D eigenvalue weighted by Gasteiger charge is 2.38. The van der Waals surface area contributed by atoms with E-state index in [1.165, 1.54) is 16.2 Å². The van der Waals surface area contributed by atoms with Crippen molar-refractivity contribution in [2.75, 3.05) is 18.5 Å². The highest BCUT2D eigenvalue weighted by Crippen LogP contribution is 2.38. The summed E-state index contributed by atoms with van der Waals surface area (Å²) in [6, 6.07) is 3.80. The molecule has 0 radical (unpaired) electrons. The Bertz CT molecular complexity index is 1070. The number of nitrogens with one attached hydrogen (secondary N) is 1. The third-order valence-corrected chi connectivity index (χ3v) is 6.53. The van der Waals surface area contributed by atoms with Crippen molar-refractivity contribution in [3.8, 4) is 0 Å². The molecule has 2 N–H and O–H groups in total. The molecule has 3 heterocycles. The van der Waals surface area contributed by atoms with Crippen LogP contribution in [0.3, 0.4) is 0 Å². The predicted octanol–water partition coefficient (Wildman–Crippen LogP) is 2.55. The molecule has 1 saturated carbocycles. The van der Waals surface area contributed by atoms with Crippen LogP contribution in [0.15, 0.2) is 28.0 Å². The molecule has 4 rings (SSSR count). The highest BCUT2D eigenvalue weighted by molar-refractivity contribution is 8.26. The molecule has 2 fully saturated rings. The average molecular weight is 431 g/mol. The van der Waals surface area contributed by atoms with Crippen LogP contribution in [0.2, 0.25) is 0 Å². The molecule has 0 spiro atoms. The minimum absolute atomic E-state index is 0.0990. The number of thiocarbonyl (C=S) groups is 1. The predicted molar refractivity (Wildman–Crippen MR) is 119 cm³/mol. The van der Waals surface area contributed by atoms with Crippen LogP contribution in [0, 0.1) is 6.92 Å². The van der Waals surface area contributed by atoms with Gasteiger partial charge in [-0.15, -0.1) is 0 Å². The second-order valence-electron chi connectivity index (χ2n) is 7.25. The molecule has 7 nitrogen and oxygen atoms in total. The van der Waals surface area contributed by atoms with Crippen LogP contribution in [-0.4, -0.2) is 48.8 Å². The van der Waals surface area contributed by atoms with Crippen molar-refractivity contribution in [1.82, 2.24) is 14.3 Å². The lowest BCUT2D eigenvalue weighted by atomic mass is 10.2. The first-order valence-electron chi connectivity index (χ1n) is 9.64. The van der Waals surface area contributed by atoms with Crippen molar-refractivity contribution in [2.24, 2.45) is 0 Å². The number of nitrogens with zero attached hydrogens (tertiary/aromatic N) is 3. The number of hydrogen-bond donors (Lipinski definition) is 2. The fraction of sp³-hybridized carbons (Fsp3) is 0.400. The lowest BCUT2D eigenvalue weighted by molar-refractivity contribution is -0.123. The molecule has 0 bridgehead atoms. The van der Waals surface area contributed by atoms with Crippen molar-refractivity contribution in [1.29, 1.82) is 0 Å². The van der Waals surface area contributed by atoms with Gasteiger partial charge in [-0.05, 0) is 37.5 Å². The molecule has 0 aromatic carbocycles. The van der Waals surface area contributed by atoms with Crippen LogP contribution in [-0.2, 0) is 4.79 Å². The minimum atomic E-state index is -0.273. The summed E-state index contributed by atoms with van der Waals surface area (Å²) in [5.74, 6) is 0.202. The lowest BCUT2D eigenvalue weighted by Crippen LogP contribution is -2.36. The first-order chi connectivity index (χ1) is 14.0. The van der Waals surface area contributed by atoms with Gasteiger partial charge in [0.2, 0.25) is 0 Å². The molecule has 1 aliphatic heterocycles. The Balaban J connectivity index is 1.79. The van der Waals surface area contributed by atoms with E-state index >= 15 is 0 Å². The van der Waals surface area contributed by atoms with E-state index in [1.807, 2.05) is 13.0 Å². The zero-order valence-corrected chi connectivity index (χ0v) is 17.7. The first-order valence-corrected chi connectivity index (χ1v) is 10.9. The number of anilines is 1. The number of aliphatic hydroxyl groups is 1. The summed E-state index contributed by atoms with van der Waals surface area (Å²) < 4.78 is 2.02. The second kappa shape index (κ2) is 8.25. The number of rotatable bonds is 5. The smallest absolute Gasteiger partial charge is 0.267 e. The van der Waals surface area contributed by atoms with Crippen molar-refractivity contribution in [3.05, 3.63) is 44.7 Å². The van der Waals surface area contributed by atoms with Gasteiger partial charge in [-0.1, -0.05) is 42.9 Å². The Morgan fingerprint density at radius 3 is 2.83 bits per heavy atom. The largest absolute Gasteiger partial charge is 0.395 e. The molecule has 0 atom stereocenters. The van der Waals surface area contributed by atoms with E-state index in [1.54, 1.807) is 23.2 Å². The van der Waals surface area contributed by atoms with Crippen molar-refractivity contribution in [2.45, 2.75) is 38.6 Å². The van der Waals surface area contributed by atoms with Gasteiger partial charge in [0, 0.05) is 18.8 Å². The zero-order valence-electron chi connectivity index (χ0n) is 16.1. The maximum atomic E-state index is 13.2. The first kappa shape index (κ1) is 20.1. The Kier molecular flexibility index (Phi) is 5.71. The fourth-order valence-corrected chi connectivity index (χ4v) is 5.17. The number of aliphatic hydroxyl groups excluding tert-OH is 1. The molecule has 2 aromatic heterocycles. The number of carbonyl (C=O) groups is 1. The second-order valence-corrected chi connectivity index (χ2v) is 8.93. The average Bonchev–Trinajstić information content (AvgIpc) is 3.31. The van der Waals surface area contributed by atoms with Crippen LogP contribution in [0.5, 0.6) is 0 Å². The molecule has 152 valence electrons. The molecule has 1 amide bonds. The van der Waals surface area contributed by atoms with Crippen molar-refractivity contribution < 1.29 is 9.90 Å². The van der Waals surface area contributed by atoms with E-state index < -0.39 is 0 Å². The molecule has 2 aromatic rings. The SMILES string of the molecule is Cc1ccc2nc(NCCO)c(/C=C3/SC(=S)N(C4CCCC4)C3=O)c(=O)n2c1. The molecular formula is C20H22N4O3S2. The summed E-state index contributed by atoms with van der Waals surface area (Å²) in [4.78, 5) is 32.9. The third-order valence-electron chi connectivity index (χ3n) is 5.20. The van der Waals surface area contributed by atoms with Gasteiger partial charge < -0.3 is 10.4 Å². The number of fused-ring (bicyclic) bond motifs is 1. The fourth-order valence-electron chi connectivity index (χ4n) is 3.79. The molecule has 9 heteroatoms. The normalized spacial score (nSPS) is 19.1. The maximum absolute atomic E-state index is 13.2. The van der Waals surface area contributed by atoms with E-state index in [0.717, 1.165) is 31.2 Å². The Morgan fingerprint density at radius 1 is 1.34 bits per heavy atom. The standard InChI is InChI=1S/C20H22N4O3S2/c1-12-6-7-16-22-17(21-8-9-25)14(18(26)23(16)11-12)10-15-19(27)24(20(28)29-15)13-4-2-3-5-13/h6-7,10-11,13,21,25H,2-5,8-9H2,1H3/b15-10+. The van der Waals surface area contributed by atoms with Gasteiger partial charge in [0.25, 0.3) is 11.5 Å². The van der Waals surface area contributed by atoms with Gasteiger partial charge in [0.15, 0.2) is 0 Å². The highest BCUT2D eigenvalue weighted by atomic mass is 32.2. The Morgan fingerprint density at radius 2 is 2.10 bits per heavy atom. The van der Waals surface area contributed by atoms with E-state index in [0.29, 0.717) is 20.7 Å². The Labute approximate surface area is 177 Å². The van der Waals surface area contributed by atoms with Crippen LogP contribution in [0.25, 0.3) is 11.7 Å². The topological polar surface area (TPSA) is 86.9 Å². The number of aromatic nitrogens is 2. The van der Waals surface area contributed by atoms with E-state index in [4.69, 9.17) is 12.2 Å². The van der Waals surface area contributed by atoms with Crippen LogP contribution < -0.4 is 10.9 Å².